The Morgan fingerprint density at radius 2 is 1.90 bits per heavy atom. The number of alkyl halides is 3. The normalized spacial score (nSPS) is 26.9. The number of amides is 1. The van der Waals surface area contributed by atoms with Gasteiger partial charge in [0.05, 0.1) is 36.0 Å². The van der Waals surface area contributed by atoms with Crippen molar-refractivity contribution in [2.24, 2.45) is 5.92 Å². The van der Waals surface area contributed by atoms with Crippen molar-refractivity contribution in [3.8, 4) is 0 Å². The molecule has 0 aromatic carbocycles. The molecule has 31 heavy (non-hydrogen) atoms. The maximum Gasteiger partial charge on any atom is 0.407 e. The van der Waals surface area contributed by atoms with Crippen molar-refractivity contribution in [3.05, 3.63) is 29.2 Å². The van der Waals surface area contributed by atoms with E-state index >= 15 is 0 Å². The van der Waals surface area contributed by atoms with Crippen LogP contribution in [0, 0.1) is 12.8 Å². The standard InChI is InChI=1S/C21H27F3N4O3/c1-12-8-16(17-10-27(19(29)30)20(2,3)11-31-17)28-18(25-12)9-15(26-28)13-4-6-14(7-5-13)21(22,23)24/h8-9,13-14,17H,4-7,10-11H2,1-3H3,(H,29,30)/t13?,14?,17-/m0/s1. The molecule has 10 heteroatoms. The van der Waals surface area contributed by atoms with E-state index in [1.165, 1.54) is 4.90 Å². The minimum Gasteiger partial charge on any atom is -0.465 e. The van der Waals surface area contributed by atoms with Gasteiger partial charge in [0, 0.05) is 17.7 Å². The van der Waals surface area contributed by atoms with Gasteiger partial charge in [0.25, 0.3) is 0 Å². The fourth-order valence-corrected chi connectivity index (χ4v) is 4.66. The molecule has 1 saturated heterocycles. The van der Waals surface area contributed by atoms with Gasteiger partial charge in [-0.15, -0.1) is 0 Å². The number of hydrogen-bond acceptors (Lipinski definition) is 4. The van der Waals surface area contributed by atoms with Gasteiger partial charge >= 0.3 is 12.3 Å². The molecule has 2 fully saturated rings. The minimum absolute atomic E-state index is 0.0461. The molecule has 1 amide bonds. The smallest absolute Gasteiger partial charge is 0.407 e. The number of halogens is 3. The third kappa shape index (κ3) is 4.22. The van der Waals surface area contributed by atoms with Crippen LogP contribution in [0.4, 0.5) is 18.0 Å². The maximum absolute atomic E-state index is 13.0. The first kappa shape index (κ1) is 21.9. The monoisotopic (exact) mass is 440 g/mol. The van der Waals surface area contributed by atoms with E-state index in [0.717, 1.165) is 11.4 Å². The fraction of sp³-hybridized carbons (Fsp3) is 0.667. The first-order valence-electron chi connectivity index (χ1n) is 10.5. The molecule has 1 atom stereocenters. The summed E-state index contributed by atoms with van der Waals surface area (Å²) >= 11 is 0. The Kier molecular flexibility index (Phi) is 5.39. The second kappa shape index (κ2) is 7.65. The second-order valence-electron chi connectivity index (χ2n) is 9.26. The van der Waals surface area contributed by atoms with Gasteiger partial charge in [-0.05, 0) is 52.5 Å². The molecule has 1 saturated carbocycles. The highest BCUT2D eigenvalue weighted by molar-refractivity contribution is 5.66. The Morgan fingerprint density at radius 3 is 2.52 bits per heavy atom. The molecular weight excluding hydrogens is 413 g/mol. The fourth-order valence-electron chi connectivity index (χ4n) is 4.66. The predicted octanol–water partition coefficient (Wildman–Crippen LogP) is 4.70. The van der Waals surface area contributed by atoms with Crippen LogP contribution < -0.4 is 0 Å². The van der Waals surface area contributed by atoms with E-state index in [-0.39, 0.29) is 31.9 Å². The molecule has 0 bridgehead atoms. The van der Waals surface area contributed by atoms with Crippen LogP contribution in [-0.4, -0.2) is 55.6 Å². The Labute approximate surface area is 178 Å². The highest BCUT2D eigenvalue weighted by Crippen LogP contribution is 2.43. The molecule has 2 aliphatic rings. The van der Waals surface area contributed by atoms with Crippen LogP contribution in [-0.2, 0) is 4.74 Å². The number of fused-ring (bicyclic) bond motifs is 1. The van der Waals surface area contributed by atoms with Gasteiger partial charge in [-0.1, -0.05) is 0 Å². The van der Waals surface area contributed by atoms with E-state index in [1.54, 1.807) is 4.52 Å². The number of carbonyl (C=O) groups is 1. The lowest BCUT2D eigenvalue weighted by molar-refractivity contribution is -0.182. The summed E-state index contributed by atoms with van der Waals surface area (Å²) in [5.41, 5.74) is 2.12. The Morgan fingerprint density at radius 1 is 1.23 bits per heavy atom. The minimum atomic E-state index is -4.14. The van der Waals surface area contributed by atoms with Crippen LogP contribution in [0.2, 0.25) is 0 Å². The molecular formula is C21H27F3N4O3. The largest absolute Gasteiger partial charge is 0.465 e. The number of morpholine rings is 1. The van der Waals surface area contributed by atoms with Crippen LogP contribution in [0.5, 0.6) is 0 Å². The average Bonchev–Trinajstić information content (AvgIpc) is 3.10. The summed E-state index contributed by atoms with van der Waals surface area (Å²) < 4.78 is 46.6. The lowest BCUT2D eigenvalue weighted by atomic mass is 9.80. The summed E-state index contributed by atoms with van der Waals surface area (Å²) in [6.07, 6.45) is -4.58. The molecule has 7 nitrogen and oxygen atoms in total. The number of ether oxygens (including phenoxy) is 1. The Bertz CT molecular complexity index is 980. The molecule has 170 valence electrons. The molecule has 1 aliphatic heterocycles. The SMILES string of the molecule is Cc1cc([C@@H]2CN(C(=O)O)C(C)(C)CO2)n2nc(C3CCC(C(F)(F)F)CC3)cc2n1. The number of aryl methyl sites for hydroxylation is 1. The third-order valence-electron chi connectivity index (χ3n) is 6.49. The van der Waals surface area contributed by atoms with Crippen LogP contribution >= 0.6 is 0 Å². The zero-order chi connectivity index (χ0) is 22.6. The molecule has 3 heterocycles. The van der Waals surface area contributed by atoms with Crippen LogP contribution in [0.25, 0.3) is 5.65 Å². The Balaban J connectivity index is 1.61. The first-order valence-corrected chi connectivity index (χ1v) is 10.5. The summed E-state index contributed by atoms with van der Waals surface area (Å²) in [4.78, 5) is 17.6. The molecule has 0 spiro atoms. The van der Waals surface area contributed by atoms with Crippen molar-refractivity contribution < 1.29 is 27.8 Å². The first-order chi connectivity index (χ1) is 14.5. The average molecular weight is 440 g/mol. The number of hydrogen-bond donors (Lipinski definition) is 1. The van der Waals surface area contributed by atoms with E-state index in [4.69, 9.17) is 4.74 Å². The summed E-state index contributed by atoms with van der Waals surface area (Å²) in [7, 11) is 0. The van der Waals surface area contributed by atoms with E-state index in [2.05, 4.69) is 10.1 Å². The summed E-state index contributed by atoms with van der Waals surface area (Å²) in [6, 6.07) is 3.66. The molecule has 2 aromatic rings. The van der Waals surface area contributed by atoms with Gasteiger partial charge in [-0.2, -0.15) is 18.3 Å². The van der Waals surface area contributed by atoms with Crippen molar-refractivity contribution in [2.45, 2.75) is 70.2 Å². The molecule has 2 aromatic heterocycles. The number of rotatable bonds is 2. The summed E-state index contributed by atoms with van der Waals surface area (Å²) in [5, 5.41) is 14.3. The van der Waals surface area contributed by atoms with Gasteiger partial charge < -0.3 is 9.84 Å². The lowest BCUT2D eigenvalue weighted by Crippen LogP contribution is -2.56. The van der Waals surface area contributed by atoms with E-state index < -0.39 is 29.8 Å². The van der Waals surface area contributed by atoms with Gasteiger partial charge in [0.1, 0.15) is 6.10 Å². The summed E-state index contributed by atoms with van der Waals surface area (Å²) in [6.45, 7) is 5.86. The molecule has 0 radical (unpaired) electrons. The maximum atomic E-state index is 13.0. The molecule has 4 rings (SSSR count). The topological polar surface area (TPSA) is 80.0 Å². The van der Waals surface area contributed by atoms with E-state index in [1.807, 2.05) is 32.9 Å². The highest BCUT2D eigenvalue weighted by atomic mass is 19.4. The highest BCUT2D eigenvalue weighted by Gasteiger charge is 2.42. The van der Waals surface area contributed by atoms with Crippen molar-refractivity contribution >= 4 is 11.7 Å². The van der Waals surface area contributed by atoms with Crippen molar-refractivity contribution in [1.82, 2.24) is 19.5 Å². The Hall–Kier alpha value is -2.36. The lowest BCUT2D eigenvalue weighted by Gasteiger charge is -2.43. The zero-order valence-electron chi connectivity index (χ0n) is 17.8. The quantitative estimate of drug-likeness (QED) is 0.732. The van der Waals surface area contributed by atoms with Crippen LogP contribution in [0.1, 0.15) is 68.6 Å². The van der Waals surface area contributed by atoms with Crippen LogP contribution in [0.3, 0.4) is 0 Å². The molecule has 0 unspecified atom stereocenters. The van der Waals surface area contributed by atoms with Crippen molar-refractivity contribution in [2.75, 3.05) is 13.2 Å². The van der Waals surface area contributed by atoms with E-state index in [9.17, 15) is 23.1 Å². The van der Waals surface area contributed by atoms with Gasteiger partial charge in [0.2, 0.25) is 0 Å². The van der Waals surface area contributed by atoms with Gasteiger partial charge in [-0.25, -0.2) is 14.3 Å². The number of aromatic nitrogens is 3. The third-order valence-corrected chi connectivity index (χ3v) is 6.49. The van der Waals surface area contributed by atoms with Gasteiger partial charge in [0.15, 0.2) is 5.65 Å². The number of carboxylic acid groups (broad SMARTS) is 1. The van der Waals surface area contributed by atoms with Crippen molar-refractivity contribution in [1.29, 1.82) is 0 Å². The summed E-state index contributed by atoms with van der Waals surface area (Å²) in [5.74, 6) is -1.28. The molecule has 1 aliphatic carbocycles. The van der Waals surface area contributed by atoms with Gasteiger partial charge in [-0.3, -0.25) is 4.90 Å². The molecule has 1 N–H and O–H groups in total. The van der Waals surface area contributed by atoms with Crippen LogP contribution in [0.15, 0.2) is 12.1 Å². The van der Waals surface area contributed by atoms with E-state index in [0.29, 0.717) is 24.2 Å². The second-order valence-corrected chi connectivity index (χ2v) is 9.26. The predicted molar refractivity (Wildman–Crippen MR) is 106 cm³/mol. The van der Waals surface area contributed by atoms with Crippen molar-refractivity contribution in [3.63, 3.8) is 0 Å². The number of nitrogens with zero attached hydrogens (tertiary/aromatic N) is 4. The zero-order valence-corrected chi connectivity index (χ0v) is 17.8.